The zero-order chi connectivity index (χ0) is 36.6. The van der Waals surface area contributed by atoms with Crippen LogP contribution in [0.1, 0.15) is 72.6 Å². The van der Waals surface area contributed by atoms with E-state index >= 15 is 13.2 Å². The molecule has 0 rings (SSSR count). The minimum atomic E-state index is -8.45. The molecular weight excluding hydrogens is 683 g/mol. The highest BCUT2D eigenvalue weighted by atomic mass is 19.4. The Morgan fingerprint density at radius 3 is 1.15 bits per heavy atom. The summed E-state index contributed by atoms with van der Waals surface area (Å²) in [5.74, 6) is -53.8. The second-order valence-electron chi connectivity index (χ2n) is 10.2. The van der Waals surface area contributed by atoms with E-state index in [9.17, 15) is 61.5 Å². The van der Waals surface area contributed by atoms with E-state index < -0.39 is 98.6 Å². The first kappa shape index (κ1) is 44.7. The summed E-state index contributed by atoms with van der Waals surface area (Å²) in [5.41, 5.74) is 0. The Morgan fingerprint density at radius 2 is 0.804 bits per heavy atom. The molecule has 20 heteroatoms. The molecule has 0 bridgehead atoms. The Hall–Kier alpha value is -1.31. The Labute approximate surface area is 254 Å². The van der Waals surface area contributed by atoms with E-state index in [1.54, 1.807) is 0 Å². The molecule has 0 aromatic carbocycles. The zero-order valence-corrected chi connectivity index (χ0v) is 25.1. The molecule has 0 saturated carbocycles. The molecule has 0 N–H and O–H groups in total. The predicted octanol–water partition coefficient (Wildman–Crippen LogP) is 10.2. The molecular formula is C26H37F17O3. The van der Waals surface area contributed by atoms with Crippen LogP contribution in [0.3, 0.4) is 0 Å². The average Bonchev–Trinajstić information content (AvgIpc) is 2.95. The van der Waals surface area contributed by atoms with Crippen LogP contribution in [0, 0.1) is 5.92 Å². The molecule has 4 atom stereocenters. The van der Waals surface area contributed by atoms with Gasteiger partial charge in [-0.15, -0.1) is 0 Å². The van der Waals surface area contributed by atoms with Crippen molar-refractivity contribution in [2.45, 2.75) is 139 Å². The van der Waals surface area contributed by atoms with Gasteiger partial charge in [-0.05, 0) is 27.2 Å². The van der Waals surface area contributed by atoms with Gasteiger partial charge in [0.15, 0.2) is 12.3 Å². The highest BCUT2D eigenvalue weighted by Crippen LogP contribution is 2.62. The van der Waals surface area contributed by atoms with E-state index in [-0.39, 0.29) is 12.8 Å². The summed E-state index contributed by atoms with van der Waals surface area (Å²) in [5, 5.41) is 0. The van der Waals surface area contributed by atoms with Crippen molar-refractivity contribution in [1.29, 1.82) is 0 Å². The maximum atomic E-state index is 15.6. The molecule has 0 aromatic rings. The minimum absolute atomic E-state index is 0.0831. The van der Waals surface area contributed by atoms with E-state index in [0.717, 1.165) is 27.2 Å². The second-order valence-corrected chi connectivity index (χ2v) is 10.2. The first-order chi connectivity index (χ1) is 20.8. The maximum Gasteiger partial charge on any atom is 0.384 e. The van der Waals surface area contributed by atoms with E-state index in [2.05, 4.69) is 0 Å². The number of alkyl halides is 17. The number of rotatable bonds is 24. The molecule has 0 aliphatic rings. The normalized spacial score (nSPS) is 17.3. The van der Waals surface area contributed by atoms with Crippen LogP contribution in [0.25, 0.3) is 0 Å². The fourth-order valence-electron chi connectivity index (χ4n) is 4.44. The number of ether oxygens (including phenoxy) is 3. The van der Waals surface area contributed by atoms with Crippen molar-refractivity contribution in [2.24, 2.45) is 5.92 Å². The van der Waals surface area contributed by atoms with Gasteiger partial charge in [0.25, 0.3) is 12.4 Å². The maximum absolute atomic E-state index is 15.6. The van der Waals surface area contributed by atoms with Gasteiger partial charge in [-0.3, -0.25) is 0 Å². The van der Waals surface area contributed by atoms with Crippen LogP contribution in [0.4, 0.5) is 74.6 Å². The molecule has 4 unspecified atom stereocenters. The monoisotopic (exact) mass is 720 g/mol. The van der Waals surface area contributed by atoms with Crippen molar-refractivity contribution in [3.8, 4) is 0 Å². The van der Waals surface area contributed by atoms with Gasteiger partial charge in [0.05, 0.1) is 5.92 Å². The molecule has 0 spiro atoms. The van der Waals surface area contributed by atoms with Crippen molar-refractivity contribution in [1.82, 2.24) is 0 Å². The number of hydrogen-bond donors (Lipinski definition) is 0. The number of halogens is 17. The number of unbranched alkanes of at least 4 members (excludes halogenated alkanes) is 5. The molecule has 0 radical (unpaired) electrons. The van der Waals surface area contributed by atoms with Gasteiger partial charge < -0.3 is 14.2 Å². The van der Waals surface area contributed by atoms with Crippen LogP contribution in [-0.4, -0.2) is 86.3 Å². The molecule has 278 valence electrons. The molecule has 0 aliphatic heterocycles. The van der Waals surface area contributed by atoms with Gasteiger partial charge in [0.2, 0.25) is 6.17 Å². The second kappa shape index (κ2) is 16.9. The fourth-order valence-corrected chi connectivity index (χ4v) is 4.44. The summed E-state index contributed by atoms with van der Waals surface area (Å²) < 4.78 is 255. The quantitative estimate of drug-likeness (QED) is 0.0565. The van der Waals surface area contributed by atoms with Crippen LogP contribution >= 0.6 is 0 Å². The Bertz CT molecular complexity index is 871. The summed E-state index contributed by atoms with van der Waals surface area (Å²) in [6.07, 6.45) is -19.4. The van der Waals surface area contributed by atoms with Gasteiger partial charge in [-0.25, -0.2) is 22.0 Å². The van der Waals surface area contributed by atoms with Crippen LogP contribution < -0.4 is 0 Å². The molecule has 0 saturated heterocycles. The smallest absolute Gasteiger partial charge is 0.327 e. The third kappa shape index (κ3) is 8.45. The van der Waals surface area contributed by atoms with Crippen LogP contribution in [0.5, 0.6) is 0 Å². The third-order valence-corrected chi connectivity index (χ3v) is 6.95. The first-order valence-electron chi connectivity index (χ1n) is 14.2. The molecule has 0 heterocycles. The third-order valence-electron chi connectivity index (χ3n) is 6.95. The highest BCUT2D eigenvalue weighted by Gasteiger charge is 2.92. The lowest BCUT2D eigenvalue weighted by molar-refractivity contribution is -0.446. The molecule has 0 aliphatic carbocycles. The largest absolute Gasteiger partial charge is 0.384 e. The van der Waals surface area contributed by atoms with Crippen molar-refractivity contribution in [3.05, 3.63) is 0 Å². The molecule has 0 amide bonds. The van der Waals surface area contributed by atoms with E-state index in [4.69, 9.17) is 14.2 Å². The van der Waals surface area contributed by atoms with E-state index in [1.165, 1.54) is 0 Å². The highest BCUT2D eigenvalue weighted by molar-refractivity contribution is 5.15. The van der Waals surface area contributed by atoms with Gasteiger partial charge in [-0.1, -0.05) is 45.4 Å². The van der Waals surface area contributed by atoms with Crippen molar-refractivity contribution < 1.29 is 88.8 Å². The van der Waals surface area contributed by atoms with Crippen molar-refractivity contribution in [2.75, 3.05) is 19.8 Å². The lowest BCUT2D eigenvalue weighted by Crippen LogP contribution is -2.74. The fraction of sp³-hybridized carbons (Fsp3) is 1.00. The summed E-state index contributed by atoms with van der Waals surface area (Å²) in [7, 11) is 0. The summed E-state index contributed by atoms with van der Waals surface area (Å²) in [6, 6.07) is 0. The van der Waals surface area contributed by atoms with E-state index in [1.807, 2.05) is 6.92 Å². The zero-order valence-electron chi connectivity index (χ0n) is 25.1. The van der Waals surface area contributed by atoms with Crippen molar-refractivity contribution >= 4 is 0 Å². The summed E-state index contributed by atoms with van der Waals surface area (Å²) in [6.45, 7) is 3.43. The summed E-state index contributed by atoms with van der Waals surface area (Å²) in [4.78, 5) is 0. The number of hydrogen-bond acceptors (Lipinski definition) is 3. The van der Waals surface area contributed by atoms with Crippen LogP contribution in [0.2, 0.25) is 0 Å². The Balaban J connectivity index is 7.03. The standard InChI is InChI=1S/C26H37F17O3/c1-5-9-10-11-12-13-14-15(22(44-6-2,45-7-3)46-8-4)17(28)20(32,33)23(36,37)25(40,41)26(42,43)24(38,39)21(34,35)18(29)16(27)19(30)31/h15-19H,5-14H2,1-4H3. The lowest BCUT2D eigenvalue weighted by Gasteiger charge is -2.45. The Kier molecular flexibility index (Phi) is 16.4. The minimum Gasteiger partial charge on any atom is -0.327 e. The SMILES string of the molecule is CCCCCCCCC(C(F)C(F)(F)C(F)(F)C(F)(F)C(F)(F)C(F)(F)C(F)(F)C(F)C(F)C(F)F)C(OCC)(OCC)OCC. The molecule has 0 aromatic heterocycles. The van der Waals surface area contributed by atoms with Crippen LogP contribution in [0.15, 0.2) is 0 Å². The van der Waals surface area contributed by atoms with Gasteiger partial charge in [-0.2, -0.15) is 52.7 Å². The average molecular weight is 721 g/mol. The van der Waals surface area contributed by atoms with Gasteiger partial charge >= 0.3 is 35.5 Å². The van der Waals surface area contributed by atoms with Crippen molar-refractivity contribution in [3.63, 3.8) is 0 Å². The van der Waals surface area contributed by atoms with E-state index in [0.29, 0.717) is 19.3 Å². The van der Waals surface area contributed by atoms with Gasteiger partial charge in [0, 0.05) is 19.8 Å². The van der Waals surface area contributed by atoms with Gasteiger partial charge in [0.1, 0.15) is 0 Å². The molecule has 3 nitrogen and oxygen atoms in total. The molecule has 46 heavy (non-hydrogen) atoms. The topological polar surface area (TPSA) is 27.7 Å². The van der Waals surface area contributed by atoms with Crippen LogP contribution in [-0.2, 0) is 14.2 Å². The summed E-state index contributed by atoms with van der Waals surface area (Å²) >= 11 is 0. The predicted molar refractivity (Wildman–Crippen MR) is 129 cm³/mol. The lowest BCUT2D eigenvalue weighted by atomic mass is 9.83. The molecule has 0 fully saturated rings. The Morgan fingerprint density at radius 1 is 0.457 bits per heavy atom. The first-order valence-corrected chi connectivity index (χ1v) is 14.2.